The molecule has 1 unspecified atom stereocenters. The smallest absolute Gasteiger partial charge is 0.175 e. The number of aryl methyl sites for hydroxylation is 1. The van der Waals surface area contributed by atoms with Crippen LogP contribution in [-0.2, 0) is 6.54 Å². The van der Waals surface area contributed by atoms with Crippen molar-refractivity contribution in [1.82, 2.24) is 24.4 Å². The van der Waals surface area contributed by atoms with E-state index in [2.05, 4.69) is 19.4 Å². The number of hydrogen-bond donors (Lipinski definition) is 2. The van der Waals surface area contributed by atoms with Crippen LogP contribution in [0.4, 0.5) is 5.82 Å². The second kappa shape index (κ2) is 8.24. The largest absolute Gasteiger partial charge is 0.392 e. The summed E-state index contributed by atoms with van der Waals surface area (Å²) in [5.41, 5.74) is 8.49. The van der Waals surface area contributed by atoms with E-state index < -0.39 is 0 Å². The average molecular weight is 419 g/mol. The molecule has 1 atom stereocenters. The molecule has 0 saturated carbocycles. The molecule has 0 amide bonds. The number of piperidine rings is 1. The molecule has 3 N–H and O–H groups in total. The van der Waals surface area contributed by atoms with Gasteiger partial charge in [0.25, 0.3) is 0 Å². The lowest BCUT2D eigenvalue weighted by atomic mass is 10.1. The van der Waals surface area contributed by atoms with E-state index in [9.17, 15) is 5.11 Å². The number of halogens is 1. The van der Waals surface area contributed by atoms with Gasteiger partial charge in [-0.05, 0) is 50.1 Å². The van der Waals surface area contributed by atoms with Gasteiger partial charge in [0, 0.05) is 29.6 Å². The molecule has 1 saturated heterocycles. The topological polar surface area (TPSA) is 93.1 Å². The van der Waals surface area contributed by atoms with Crippen molar-refractivity contribution >= 4 is 40.3 Å². The third-order valence-corrected chi connectivity index (χ3v) is 6.39. The first-order valence-electron chi connectivity index (χ1n) is 9.32. The highest BCUT2D eigenvalue weighted by Crippen LogP contribution is 2.33. The maximum absolute atomic E-state index is 9.93. The molecule has 0 bridgehead atoms. The van der Waals surface area contributed by atoms with Crippen molar-refractivity contribution in [2.24, 2.45) is 0 Å². The summed E-state index contributed by atoms with van der Waals surface area (Å²) < 4.78 is 2.09. The van der Waals surface area contributed by atoms with Gasteiger partial charge in [-0.1, -0.05) is 23.4 Å². The lowest BCUT2D eigenvalue weighted by molar-refractivity contribution is 0.0687. The van der Waals surface area contributed by atoms with Gasteiger partial charge in [-0.25, -0.2) is 15.0 Å². The number of fused-ring (bicyclic) bond motifs is 1. The van der Waals surface area contributed by atoms with E-state index >= 15 is 0 Å². The first-order chi connectivity index (χ1) is 13.5. The highest BCUT2D eigenvalue weighted by atomic mass is 35.5. The SMILES string of the molecule is Cc1cc(Cl)ccc1Sc1nc2c(N)ncnc2n1CCN1CCCC(O)C1. The lowest BCUT2D eigenvalue weighted by Crippen LogP contribution is -2.39. The zero-order chi connectivity index (χ0) is 19.7. The zero-order valence-corrected chi connectivity index (χ0v) is 17.2. The molecule has 3 heterocycles. The van der Waals surface area contributed by atoms with E-state index in [1.807, 2.05) is 25.1 Å². The lowest BCUT2D eigenvalue weighted by Gasteiger charge is -2.30. The molecular weight excluding hydrogens is 396 g/mol. The summed E-state index contributed by atoms with van der Waals surface area (Å²) in [6.45, 7) is 5.28. The Kier molecular flexibility index (Phi) is 5.73. The Hall–Kier alpha value is -1.87. The predicted octanol–water partition coefficient (Wildman–Crippen LogP) is 2.98. The number of aliphatic hydroxyl groups is 1. The van der Waals surface area contributed by atoms with E-state index in [-0.39, 0.29) is 6.10 Å². The van der Waals surface area contributed by atoms with Gasteiger partial charge in [0.05, 0.1) is 6.10 Å². The fourth-order valence-corrected chi connectivity index (χ4v) is 4.72. The second-order valence-corrected chi connectivity index (χ2v) is 8.53. The fraction of sp³-hybridized carbons (Fsp3) is 0.421. The van der Waals surface area contributed by atoms with Crippen molar-refractivity contribution in [3.05, 3.63) is 35.1 Å². The number of nitrogens with two attached hydrogens (primary N) is 1. The summed E-state index contributed by atoms with van der Waals surface area (Å²) >= 11 is 7.67. The number of aliphatic hydroxyl groups excluding tert-OH is 1. The molecule has 1 aromatic carbocycles. The summed E-state index contributed by atoms with van der Waals surface area (Å²) in [4.78, 5) is 16.6. The van der Waals surface area contributed by atoms with Gasteiger partial charge in [0.15, 0.2) is 22.1 Å². The van der Waals surface area contributed by atoms with E-state index in [1.54, 1.807) is 11.8 Å². The van der Waals surface area contributed by atoms with Gasteiger partial charge < -0.3 is 15.4 Å². The summed E-state index contributed by atoms with van der Waals surface area (Å²) in [6.07, 6.45) is 3.14. The van der Waals surface area contributed by atoms with Crippen LogP contribution in [0.5, 0.6) is 0 Å². The normalized spacial score (nSPS) is 18.0. The second-order valence-electron chi connectivity index (χ2n) is 7.09. The maximum atomic E-state index is 9.93. The molecule has 0 spiro atoms. The van der Waals surface area contributed by atoms with Gasteiger partial charge in [0.1, 0.15) is 6.33 Å². The molecule has 9 heteroatoms. The number of imidazole rings is 1. The molecule has 0 radical (unpaired) electrons. The summed E-state index contributed by atoms with van der Waals surface area (Å²) in [6, 6.07) is 5.83. The number of likely N-dealkylation sites (tertiary alicyclic amines) is 1. The van der Waals surface area contributed by atoms with Crippen LogP contribution in [0.15, 0.2) is 34.6 Å². The molecule has 3 aromatic rings. The van der Waals surface area contributed by atoms with Crippen molar-refractivity contribution in [2.75, 3.05) is 25.4 Å². The number of aromatic nitrogens is 4. The quantitative estimate of drug-likeness (QED) is 0.657. The van der Waals surface area contributed by atoms with Crippen LogP contribution in [0.3, 0.4) is 0 Å². The molecule has 1 aliphatic rings. The summed E-state index contributed by atoms with van der Waals surface area (Å²) in [5.74, 6) is 0.381. The molecule has 7 nitrogen and oxygen atoms in total. The number of anilines is 1. The molecule has 2 aromatic heterocycles. The van der Waals surface area contributed by atoms with Crippen LogP contribution in [0.25, 0.3) is 11.2 Å². The van der Waals surface area contributed by atoms with Gasteiger partial charge >= 0.3 is 0 Å². The Balaban J connectivity index is 1.65. The monoisotopic (exact) mass is 418 g/mol. The Bertz CT molecular complexity index is 994. The summed E-state index contributed by atoms with van der Waals surface area (Å²) in [5, 5.41) is 11.5. The third-order valence-electron chi connectivity index (χ3n) is 4.98. The van der Waals surface area contributed by atoms with Crippen LogP contribution in [0, 0.1) is 6.92 Å². The Morgan fingerprint density at radius 1 is 1.32 bits per heavy atom. The predicted molar refractivity (Wildman–Crippen MR) is 112 cm³/mol. The van der Waals surface area contributed by atoms with E-state index in [1.165, 1.54) is 6.33 Å². The van der Waals surface area contributed by atoms with Gasteiger partial charge in [-0.3, -0.25) is 4.90 Å². The van der Waals surface area contributed by atoms with Crippen LogP contribution < -0.4 is 5.73 Å². The van der Waals surface area contributed by atoms with Crippen molar-refractivity contribution in [1.29, 1.82) is 0 Å². The molecule has 0 aliphatic carbocycles. The van der Waals surface area contributed by atoms with E-state index in [4.69, 9.17) is 22.3 Å². The van der Waals surface area contributed by atoms with Crippen LogP contribution in [-0.4, -0.2) is 55.3 Å². The van der Waals surface area contributed by atoms with Crippen molar-refractivity contribution in [3.8, 4) is 0 Å². The fourth-order valence-electron chi connectivity index (χ4n) is 3.51. The molecular formula is C19H23ClN6OS. The van der Waals surface area contributed by atoms with Crippen molar-refractivity contribution in [2.45, 2.75) is 42.5 Å². The highest BCUT2D eigenvalue weighted by Gasteiger charge is 2.20. The maximum Gasteiger partial charge on any atom is 0.175 e. The number of nitrogens with zero attached hydrogens (tertiary/aromatic N) is 5. The Labute approximate surface area is 172 Å². The molecule has 4 rings (SSSR count). The molecule has 148 valence electrons. The van der Waals surface area contributed by atoms with Crippen molar-refractivity contribution in [3.63, 3.8) is 0 Å². The Morgan fingerprint density at radius 2 is 2.18 bits per heavy atom. The number of benzene rings is 1. The Morgan fingerprint density at radius 3 is 2.96 bits per heavy atom. The van der Waals surface area contributed by atoms with Gasteiger partial charge in [-0.2, -0.15) is 0 Å². The first-order valence-corrected chi connectivity index (χ1v) is 10.5. The van der Waals surface area contributed by atoms with Crippen LogP contribution in [0.1, 0.15) is 18.4 Å². The minimum Gasteiger partial charge on any atom is -0.392 e. The minimum absolute atomic E-state index is 0.239. The average Bonchev–Trinajstić information content (AvgIpc) is 3.01. The number of rotatable bonds is 5. The number of hydrogen-bond acceptors (Lipinski definition) is 7. The summed E-state index contributed by atoms with van der Waals surface area (Å²) in [7, 11) is 0. The van der Waals surface area contributed by atoms with Crippen LogP contribution in [0.2, 0.25) is 5.02 Å². The first kappa shape index (κ1) is 19.4. The standard InChI is InChI=1S/C19H23ClN6OS/c1-12-9-13(20)4-5-15(12)28-19-24-16-17(21)22-11-23-18(16)26(19)8-7-25-6-2-3-14(27)10-25/h4-5,9,11,14,27H,2-3,6-8,10H2,1H3,(H2,21,22,23). The van der Waals surface area contributed by atoms with Gasteiger partial charge in [0.2, 0.25) is 0 Å². The van der Waals surface area contributed by atoms with Crippen LogP contribution >= 0.6 is 23.4 Å². The number of β-amino-alcohol motifs (C(OH)–C–C–N with tert-alkyl or cyclic N) is 1. The van der Waals surface area contributed by atoms with Gasteiger partial charge in [-0.15, -0.1) is 0 Å². The van der Waals surface area contributed by atoms with E-state index in [0.29, 0.717) is 29.4 Å². The molecule has 1 fully saturated rings. The third kappa shape index (κ3) is 4.10. The number of nitrogen functional groups attached to an aromatic ring is 1. The zero-order valence-electron chi connectivity index (χ0n) is 15.7. The molecule has 1 aliphatic heterocycles. The minimum atomic E-state index is -0.239. The van der Waals surface area contributed by atoms with Crippen molar-refractivity contribution < 1.29 is 5.11 Å². The highest BCUT2D eigenvalue weighted by molar-refractivity contribution is 7.99. The molecule has 28 heavy (non-hydrogen) atoms. The van der Waals surface area contributed by atoms with E-state index in [0.717, 1.165) is 47.2 Å².